The molecule has 1 aromatic rings. The number of amides is 2. The fourth-order valence-corrected chi connectivity index (χ4v) is 1.38. The van der Waals surface area contributed by atoms with Crippen molar-refractivity contribution in [1.29, 1.82) is 0 Å². The van der Waals surface area contributed by atoms with Crippen LogP contribution in [0.4, 0.5) is 11.4 Å². The summed E-state index contributed by atoms with van der Waals surface area (Å²) in [7, 11) is 0. The van der Waals surface area contributed by atoms with Gasteiger partial charge in [-0.25, -0.2) is 0 Å². The van der Waals surface area contributed by atoms with Crippen molar-refractivity contribution >= 4 is 23.2 Å². The fraction of sp³-hybridized carbons (Fsp3) is 0.467. The summed E-state index contributed by atoms with van der Waals surface area (Å²) in [6.45, 7) is 9.47. The number of rotatable bonds is 4. The molecule has 106 valence electrons. The third-order valence-electron chi connectivity index (χ3n) is 2.52. The molecule has 4 heteroatoms. The van der Waals surface area contributed by atoms with E-state index >= 15 is 0 Å². The molecule has 0 atom stereocenters. The molecule has 0 aliphatic rings. The molecule has 0 bridgehead atoms. The van der Waals surface area contributed by atoms with Crippen LogP contribution in [0.1, 0.15) is 46.1 Å². The predicted molar refractivity (Wildman–Crippen MR) is 80.4 cm³/mol. The normalized spacial score (nSPS) is 9.11. The van der Waals surface area contributed by atoms with Crippen molar-refractivity contribution < 1.29 is 9.59 Å². The van der Waals surface area contributed by atoms with Gasteiger partial charge in [0.05, 0.1) is 0 Å². The molecule has 0 saturated heterocycles. The van der Waals surface area contributed by atoms with Crippen molar-refractivity contribution in [3.63, 3.8) is 0 Å². The fourth-order valence-electron chi connectivity index (χ4n) is 1.38. The van der Waals surface area contributed by atoms with E-state index in [9.17, 15) is 9.59 Å². The molecule has 0 fully saturated rings. The summed E-state index contributed by atoms with van der Waals surface area (Å²) in [6, 6.07) is 5.46. The van der Waals surface area contributed by atoms with Gasteiger partial charge in [-0.3, -0.25) is 9.59 Å². The summed E-state index contributed by atoms with van der Waals surface area (Å²) in [5.41, 5.74) is 2.35. The minimum atomic E-state index is -0.0351. The van der Waals surface area contributed by atoms with Gasteiger partial charge >= 0.3 is 0 Å². The molecule has 0 saturated carbocycles. The van der Waals surface area contributed by atoms with Gasteiger partial charge in [0, 0.05) is 24.2 Å². The Balaban J connectivity index is 0.00000154. The molecule has 0 aromatic heterocycles. The molecule has 0 unspecified atom stereocenters. The van der Waals surface area contributed by atoms with Crippen LogP contribution in [0.25, 0.3) is 0 Å². The average Bonchev–Trinajstić information content (AvgIpc) is 2.45. The van der Waals surface area contributed by atoms with Crippen LogP contribution in [0.2, 0.25) is 0 Å². The van der Waals surface area contributed by atoms with Gasteiger partial charge in [-0.05, 0) is 24.6 Å². The third kappa shape index (κ3) is 5.55. The minimum absolute atomic E-state index is 0.0351. The lowest BCUT2D eigenvalue weighted by Crippen LogP contribution is -2.14. The summed E-state index contributed by atoms with van der Waals surface area (Å²) in [5, 5.41) is 5.60. The highest BCUT2D eigenvalue weighted by Gasteiger charge is 2.07. The van der Waals surface area contributed by atoms with E-state index in [1.807, 2.05) is 39.0 Å². The lowest BCUT2D eigenvalue weighted by Gasteiger charge is -2.12. The maximum atomic E-state index is 11.3. The van der Waals surface area contributed by atoms with Crippen LogP contribution in [-0.4, -0.2) is 11.8 Å². The highest BCUT2D eigenvalue weighted by molar-refractivity contribution is 5.95. The van der Waals surface area contributed by atoms with Crippen molar-refractivity contribution in [2.24, 2.45) is 0 Å². The molecule has 2 N–H and O–H groups in total. The zero-order valence-electron chi connectivity index (χ0n) is 12.5. The molecular weight excluding hydrogens is 240 g/mol. The molecule has 0 spiro atoms. The SMILES string of the molecule is CC.CCC(=O)Nc1cccc(NC(=O)CC)c1C. The van der Waals surface area contributed by atoms with Crippen LogP contribution in [0.15, 0.2) is 18.2 Å². The van der Waals surface area contributed by atoms with Crippen molar-refractivity contribution in [3.05, 3.63) is 23.8 Å². The van der Waals surface area contributed by atoms with E-state index < -0.39 is 0 Å². The van der Waals surface area contributed by atoms with E-state index in [2.05, 4.69) is 10.6 Å². The second kappa shape index (κ2) is 9.14. The smallest absolute Gasteiger partial charge is 0.224 e. The first-order valence-corrected chi connectivity index (χ1v) is 6.77. The Hall–Kier alpha value is -1.84. The largest absolute Gasteiger partial charge is 0.326 e. The maximum absolute atomic E-state index is 11.3. The lowest BCUT2D eigenvalue weighted by molar-refractivity contribution is -0.116. The molecule has 19 heavy (non-hydrogen) atoms. The van der Waals surface area contributed by atoms with Gasteiger partial charge in [-0.15, -0.1) is 0 Å². The first-order chi connectivity index (χ1) is 9.08. The summed E-state index contributed by atoms with van der Waals surface area (Å²) < 4.78 is 0. The molecule has 2 amide bonds. The third-order valence-corrected chi connectivity index (χ3v) is 2.52. The quantitative estimate of drug-likeness (QED) is 0.870. The second-order valence-electron chi connectivity index (χ2n) is 3.78. The van der Waals surface area contributed by atoms with Gasteiger partial charge in [0.25, 0.3) is 0 Å². The Morgan fingerprint density at radius 1 is 0.947 bits per heavy atom. The molecular formula is C15H24N2O2. The summed E-state index contributed by atoms with van der Waals surface area (Å²) in [4.78, 5) is 22.6. The van der Waals surface area contributed by atoms with Crippen LogP contribution >= 0.6 is 0 Å². The van der Waals surface area contributed by atoms with E-state index in [0.717, 1.165) is 16.9 Å². The van der Waals surface area contributed by atoms with Crippen LogP contribution in [0.3, 0.4) is 0 Å². The lowest BCUT2D eigenvalue weighted by atomic mass is 10.1. The van der Waals surface area contributed by atoms with Crippen LogP contribution in [0.5, 0.6) is 0 Å². The summed E-state index contributed by atoms with van der Waals surface area (Å²) in [6.07, 6.45) is 0.871. The summed E-state index contributed by atoms with van der Waals surface area (Å²) in [5.74, 6) is -0.0702. The van der Waals surface area contributed by atoms with Gasteiger partial charge in [0.2, 0.25) is 11.8 Å². The van der Waals surface area contributed by atoms with Gasteiger partial charge in [-0.1, -0.05) is 33.8 Å². The highest BCUT2D eigenvalue weighted by Crippen LogP contribution is 2.23. The Kier molecular flexibility index (Phi) is 8.25. The molecule has 4 nitrogen and oxygen atoms in total. The molecule has 0 aliphatic heterocycles. The second-order valence-corrected chi connectivity index (χ2v) is 3.78. The van der Waals surface area contributed by atoms with E-state index in [4.69, 9.17) is 0 Å². The number of anilines is 2. The molecule has 1 aromatic carbocycles. The Morgan fingerprint density at radius 2 is 1.32 bits per heavy atom. The number of carbonyl (C=O) groups is 2. The first-order valence-electron chi connectivity index (χ1n) is 6.77. The predicted octanol–water partition coefficient (Wildman–Crippen LogP) is 3.72. The molecule has 0 heterocycles. The summed E-state index contributed by atoms with van der Waals surface area (Å²) >= 11 is 0. The zero-order chi connectivity index (χ0) is 14.8. The van der Waals surface area contributed by atoms with E-state index in [-0.39, 0.29) is 11.8 Å². The Bertz CT molecular complexity index is 392. The molecule has 1 rings (SSSR count). The van der Waals surface area contributed by atoms with Gasteiger partial charge in [0.15, 0.2) is 0 Å². The van der Waals surface area contributed by atoms with E-state index in [1.165, 1.54) is 0 Å². The van der Waals surface area contributed by atoms with Crippen molar-refractivity contribution in [1.82, 2.24) is 0 Å². The number of benzene rings is 1. The maximum Gasteiger partial charge on any atom is 0.224 e. The van der Waals surface area contributed by atoms with Gasteiger partial charge in [0.1, 0.15) is 0 Å². The number of hydrogen-bond acceptors (Lipinski definition) is 2. The average molecular weight is 264 g/mol. The topological polar surface area (TPSA) is 58.2 Å². The van der Waals surface area contributed by atoms with Crippen molar-refractivity contribution in [2.45, 2.75) is 47.5 Å². The van der Waals surface area contributed by atoms with Crippen LogP contribution in [0, 0.1) is 6.92 Å². The van der Waals surface area contributed by atoms with Gasteiger partial charge in [-0.2, -0.15) is 0 Å². The number of hydrogen-bond donors (Lipinski definition) is 2. The van der Waals surface area contributed by atoms with Crippen LogP contribution in [-0.2, 0) is 9.59 Å². The zero-order valence-corrected chi connectivity index (χ0v) is 12.5. The van der Waals surface area contributed by atoms with E-state index in [1.54, 1.807) is 13.8 Å². The molecule has 0 aliphatic carbocycles. The monoisotopic (exact) mass is 264 g/mol. The number of carbonyl (C=O) groups excluding carboxylic acids is 2. The van der Waals surface area contributed by atoms with Crippen molar-refractivity contribution in [3.8, 4) is 0 Å². The van der Waals surface area contributed by atoms with Crippen LogP contribution < -0.4 is 10.6 Å². The minimum Gasteiger partial charge on any atom is -0.326 e. The Labute approximate surface area is 115 Å². The van der Waals surface area contributed by atoms with Crippen molar-refractivity contribution in [2.75, 3.05) is 10.6 Å². The number of nitrogens with one attached hydrogen (secondary N) is 2. The molecule has 0 radical (unpaired) electrons. The first kappa shape index (κ1) is 17.2. The Morgan fingerprint density at radius 3 is 1.63 bits per heavy atom. The van der Waals surface area contributed by atoms with E-state index in [0.29, 0.717) is 12.8 Å². The standard InChI is InChI=1S/C13H18N2O2.C2H6/c1-4-12(16)14-10-7-6-8-11(9(10)3)15-13(17)5-2;1-2/h6-8H,4-5H2,1-3H3,(H,14,16)(H,15,17);1-2H3. The van der Waals surface area contributed by atoms with Gasteiger partial charge < -0.3 is 10.6 Å². The highest BCUT2D eigenvalue weighted by atomic mass is 16.2.